The third-order valence-corrected chi connectivity index (χ3v) is 5.58. The van der Waals surface area contributed by atoms with E-state index in [0.29, 0.717) is 30.5 Å². The number of hydrogen-bond acceptors (Lipinski definition) is 3. The lowest BCUT2D eigenvalue weighted by molar-refractivity contribution is -0.130. The molecular formula is C16H23N3O2. The third kappa shape index (κ3) is 2.37. The molecule has 1 amide bonds. The summed E-state index contributed by atoms with van der Waals surface area (Å²) in [5, 5.41) is 7.37. The molecule has 0 aromatic carbocycles. The zero-order valence-electron chi connectivity index (χ0n) is 12.3. The van der Waals surface area contributed by atoms with Gasteiger partial charge >= 0.3 is 0 Å². The average molecular weight is 289 g/mol. The topological polar surface area (TPSA) is 56.2 Å². The van der Waals surface area contributed by atoms with E-state index in [-0.39, 0.29) is 5.91 Å². The van der Waals surface area contributed by atoms with Gasteiger partial charge in [-0.05, 0) is 18.4 Å². The van der Waals surface area contributed by atoms with Crippen molar-refractivity contribution in [2.75, 3.05) is 6.61 Å². The Balaban J connectivity index is 1.41. The van der Waals surface area contributed by atoms with Crippen molar-refractivity contribution in [1.82, 2.24) is 15.1 Å². The van der Waals surface area contributed by atoms with Crippen LogP contribution in [0.2, 0.25) is 0 Å². The summed E-state index contributed by atoms with van der Waals surface area (Å²) in [7, 11) is 0. The van der Waals surface area contributed by atoms with Gasteiger partial charge in [0.05, 0.1) is 6.10 Å². The first-order valence-corrected chi connectivity index (χ1v) is 8.21. The van der Waals surface area contributed by atoms with Crippen LogP contribution < -0.4 is 5.32 Å². The number of nitrogens with zero attached hydrogens (tertiary/aromatic N) is 2. The van der Waals surface area contributed by atoms with Crippen molar-refractivity contribution in [3.63, 3.8) is 0 Å². The van der Waals surface area contributed by atoms with Crippen molar-refractivity contribution in [2.45, 2.75) is 50.8 Å². The molecule has 2 aliphatic carbocycles. The molecule has 4 atom stereocenters. The minimum absolute atomic E-state index is 0.0806. The predicted octanol–water partition coefficient (Wildman–Crippen LogP) is 1.59. The number of rotatable bonds is 4. The van der Waals surface area contributed by atoms with E-state index in [4.69, 9.17) is 4.74 Å². The lowest BCUT2D eigenvalue weighted by Gasteiger charge is -2.50. The summed E-state index contributed by atoms with van der Waals surface area (Å²) in [4.78, 5) is 12.2. The smallest absolute Gasteiger partial charge is 0.241 e. The second-order valence-electron chi connectivity index (χ2n) is 6.71. The second-order valence-corrected chi connectivity index (χ2v) is 6.71. The Kier molecular flexibility index (Phi) is 3.45. The van der Waals surface area contributed by atoms with E-state index in [1.54, 1.807) is 10.9 Å². The van der Waals surface area contributed by atoms with E-state index < -0.39 is 0 Å². The zero-order chi connectivity index (χ0) is 14.2. The van der Waals surface area contributed by atoms with Gasteiger partial charge in [0.25, 0.3) is 0 Å². The molecule has 1 aromatic heterocycles. The Bertz CT molecular complexity index is 491. The van der Waals surface area contributed by atoms with Gasteiger partial charge in [0, 0.05) is 36.9 Å². The number of fused-ring (bicyclic) bond motifs is 1. The highest BCUT2D eigenvalue weighted by atomic mass is 16.5. The quantitative estimate of drug-likeness (QED) is 0.916. The fraction of sp³-hybridized carbons (Fsp3) is 0.750. The van der Waals surface area contributed by atoms with Crippen LogP contribution in [0.5, 0.6) is 0 Å². The van der Waals surface area contributed by atoms with Crippen LogP contribution >= 0.6 is 0 Å². The molecular weight excluding hydrogens is 266 g/mol. The number of hydrogen-bond donors (Lipinski definition) is 1. The van der Waals surface area contributed by atoms with Gasteiger partial charge in [0.2, 0.25) is 5.91 Å². The molecule has 3 aliphatic rings. The van der Waals surface area contributed by atoms with Crippen molar-refractivity contribution in [1.29, 1.82) is 0 Å². The molecule has 4 rings (SSSR count). The average Bonchev–Trinajstić information content (AvgIpc) is 3.18. The van der Waals surface area contributed by atoms with Gasteiger partial charge in [-0.25, -0.2) is 0 Å². The summed E-state index contributed by atoms with van der Waals surface area (Å²) >= 11 is 0. The summed E-state index contributed by atoms with van der Waals surface area (Å²) in [6, 6.07) is 2.17. The summed E-state index contributed by atoms with van der Waals surface area (Å²) in [6.45, 7) is 1.18. The van der Waals surface area contributed by atoms with Gasteiger partial charge in [0.15, 0.2) is 0 Å². The lowest BCUT2D eigenvalue weighted by Crippen LogP contribution is -2.63. The number of aromatic nitrogens is 2. The molecule has 1 aliphatic heterocycles. The van der Waals surface area contributed by atoms with Crippen molar-refractivity contribution < 1.29 is 9.53 Å². The van der Waals surface area contributed by atoms with Crippen LogP contribution in [0.25, 0.3) is 0 Å². The van der Waals surface area contributed by atoms with Crippen molar-refractivity contribution in [2.24, 2.45) is 17.8 Å². The molecule has 2 heterocycles. The highest BCUT2D eigenvalue weighted by Crippen LogP contribution is 2.51. The normalized spacial score (nSPS) is 35.4. The number of amides is 1. The van der Waals surface area contributed by atoms with E-state index in [9.17, 15) is 4.79 Å². The molecule has 114 valence electrons. The minimum atomic E-state index is 0.0806. The van der Waals surface area contributed by atoms with Gasteiger partial charge in [-0.3, -0.25) is 9.48 Å². The molecule has 5 heteroatoms. The van der Waals surface area contributed by atoms with E-state index in [1.165, 1.54) is 25.7 Å². The van der Waals surface area contributed by atoms with Gasteiger partial charge in [-0.2, -0.15) is 5.10 Å². The molecule has 1 saturated heterocycles. The molecule has 0 spiro atoms. The number of carbonyl (C=O) groups excluding carboxylic acids is 1. The lowest BCUT2D eigenvalue weighted by atomic mass is 9.61. The summed E-state index contributed by atoms with van der Waals surface area (Å²) in [5.74, 6) is 1.91. The first-order valence-electron chi connectivity index (χ1n) is 8.21. The Labute approximate surface area is 125 Å². The Hall–Kier alpha value is -1.36. The van der Waals surface area contributed by atoms with Gasteiger partial charge in [-0.1, -0.05) is 25.7 Å². The highest BCUT2D eigenvalue weighted by molar-refractivity contribution is 5.76. The Morgan fingerprint density at radius 1 is 1.33 bits per heavy atom. The maximum absolute atomic E-state index is 12.2. The van der Waals surface area contributed by atoms with Gasteiger partial charge in [-0.15, -0.1) is 0 Å². The van der Waals surface area contributed by atoms with Crippen LogP contribution in [-0.2, 0) is 16.1 Å². The van der Waals surface area contributed by atoms with E-state index in [1.807, 2.05) is 12.3 Å². The summed E-state index contributed by atoms with van der Waals surface area (Å²) in [6.07, 6.45) is 10.3. The highest BCUT2D eigenvalue weighted by Gasteiger charge is 2.56. The predicted molar refractivity (Wildman–Crippen MR) is 77.5 cm³/mol. The molecule has 2 saturated carbocycles. The van der Waals surface area contributed by atoms with Crippen LogP contribution in [0.15, 0.2) is 18.5 Å². The molecule has 1 aromatic rings. The van der Waals surface area contributed by atoms with Crippen LogP contribution in [-0.4, -0.2) is 34.4 Å². The van der Waals surface area contributed by atoms with Crippen molar-refractivity contribution in [3.8, 4) is 0 Å². The maximum atomic E-state index is 12.2. The van der Waals surface area contributed by atoms with Crippen LogP contribution in [0.4, 0.5) is 0 Å². The molecule has 1 N–H and O–H groups in total. The second kappa shape index (κ2) is 5.44. The van der Waals surface area contributed by atoms with E-state index in [2.05, 4.69) is 10.4 Å². The standard InChI is InChI=1S/C16H23N3O2/c20-13(10-19-8-3-7-17-19)18-15-12-6-9-21-16(12)14(15)11-4-1-2-5-11/h3,7-8,11-12,14-16H,1-2,4-6,9-10H2,(H,18,20)/t12-,14+,15+,16-/m0/s1. The summed E-state index contributed by atoms with van der Waals surface area (Å²) in [5.41, 5.74) is 0. The number of ether oxygens (including phenoxy) is 1. The molecule has 21 heavy (non-hydrogen) atoms. The zero-order valence-corrected chi connectivity index (χ0v) is 12.3. The van der Waals surface area contributed by atoms with E-state index in [0.717, 1.165) is 18.9 Å². The first kappa shape index (κ1) is 13.3. The minimum Gasteiger partial charge on any atom is -0.377 e. The molecule has 0 radical (unpaired) electrons. The monoisotopic (exact) mass is 289 g/mol. The van der Waals surface area contributed by atoms with Crippen LogP contribution in [0.1, 0.15) is 32.1 Å². The fourth-order valence-electron chi connectivity index (χ4n) is 4.63. The largest absolute Gasteiger partial charge is 0.377 e. The third-order valence-electron chi connectivity index (χ3n) is 5.58. The Morgan fingerprint density at radius 3 is 2.95 bits per heavy atom. The first-order chi connectivity index (χ1) is 10.3. The SMILES string of the molecule is O=C(Cn1cccn1)N[C@@H]1[C@@H]2CCO[C@@H]2[C@@H]1C1CCCC1. The number of carbonyl (C=O) groups is 1. The molecule has 0 unspecified atom stereocenters. The van der Waals surface area contributed by atoms with Crippen LogP contribution in [0, 0.1) is 17.8 Å². The van der Waals surface area contributed by atoms with Crippen LogP contribution in [0.3, 0.4) is 0 Å². The molecule has 5 nitrogen and oxygen atoms in total. The molecule has 3 fully saturated rings. The Morgan fingerprint density at radius 2 is 2.19 bits per heavy atom. The summed E-state index contributed by atoms with van der Waals surface area (Å²) < 4.78 is 7.61. The van der Waals surface area contributed by atoms with Gasteiger partial charge in [0.1, 0.15) is 6.54 Å². The maximum Gasteiger partial charge on any atom is 0.241 e. The van der Waals surface area contributed by atoms with Gasteiger partial charge < -0.3 is 10.1 Å². The fourth-order valence-corrected chi connectivity index (χ4v) is 4.63. The van der Waals surface area contributed by atoms with Crippen molar-refractivity contribution >= 4 is 5.91 Å². The van der Waals surface area contributed by atoms with Crippen molar-refractivity contribution in [3.05, 3.63) is 18.5 Å². The molecule has 0 bridgehead atoms. The van der Waals surface area contributed by atoms with E-state index >= 15 is 0 Å². The number of nitrogens with one attached hydrogen (secondary N) is 1.